The summed E-state index contributed by atoms with van der Waals surface area (Å²) >= 11 is 1.59. The van der Waals surface area contributed by atoms with E-state index in [9.17, 15) is 0 Å². The molecular weight excluding hydrogens is 146 g/mol. The molecule has 1 aromatic heterocycles. The van der Waals surface area contributed by atoms with Crippen LogP contribution in [0.15, 0.2) is 16.8 Å². The first kappa shape index (κ1) is 7.72. The van der Waals surface area contributed by atoms with E-state index in [1.54, 1.807) is 18.3 Å². The highest BCUT2D eigenvalue weighted by Crippen LogP contribution is 2.16. The van der Waals surface area contributed by atoms with Crippen LogP contribution in [0.5, 0.6) is 0 Å². The van der Waals surface area contributed by atoms with Crippen molar-refractivity contribution in [3.8, 4) is 0 Å². The summed E-state index contributed by atoms with van der Waals surface area (Å²) in [5.74, 6) is 0. The Morgan fingerprint density at radius 1 is 1.70 bits per heavy atom. The Morgan fingerprint density at radius 2 is 2.40 bits per heavy atom. The molecule has 0 aliphatic heterocycles. The molecular formula is C7H11NOS. The smallest absolute Gasteiger partial charge is 0.0705 e. The van der Waals surface area contributed by atoms with Crippen molar-refractivity contribution in [2.24, 2.45) is 5.73 Å². The van der Waals surface area contributed by atoms with Gasteiger partial charge in [-0.3, -0.25) is 0 Å². The predicted octanol–water partition coefficient (Wildman–Crippen LogP) is 1.13. The van der Waals surface area contributed by atoms with Crippen LogP contribution in [0.2, 0.25) is 0 Å². The van der Waals surface area contributed by atoms with Crippen molar-refractivity contribution < 1.29 is 5.11 Å². The highest BCUT2D eigenvalue weighted by atomic mass is 32.1. The van der Waals surface area contributed by atoms with Crippen LogP contribution in [-0.2, 0) is 0 Å². The first-order valence-corrected chi connectivity index (χ1v) is 4.12. The fraction of sp³-hybridized carbons (Fsp3) is 0.429. The molecule has 1 rings (SSSR count). The highest BCUT2D eigenvalue weighted by molar-refractivity contribution is 7.07. The SMILES string of the molecule is C[C@@H](O)[C@@H](N)c1ccsc1. The number of nitrogens with two attached hydrogens (primary N) is 1. The van der Waals surface area contributed by atoms with Gasteiger partial charge in [-0.15, -0.1) is 0 Å². The average Bonchev–Trinajstić information content (AvgIpc) is 2.36. The number of aliphatic hydroxyl groups is 1. The summed E-state index contributed by atoms with van der Waals surface area (Å²) in [6.07, 6.45) is -0.463. The predicted molar refractivity (Wildman–Crippen MR) is 42.9 cm³/mol. The molecule has 0 aliphatic carbocycles. The molecule has 2 atom stereocenters. The molecule has 0 amide bonds. The van der Waals surface area contributed by atoms with Gasteiger partial charge in [0, 0.05) is 0 Å². The third-order valence-corrected chi connectivity index (χ3v) is 2.15. The maximum absolute atomic E-state index is 9.07. The van der Waals surface area contributed by atoms with E-state index < -0.39 is 6.10 Å². The summed E-state index contributed by atoms with van der Waals surface area (Å²) in [6.45, 7) is 1.70. The fourth-order valence-corrected chi connectivity index (χ4v) is 1.45. The van der Waals surface area contributed by atoms with Crippen LogP contribution in [0.1, 0.15) is 18.5 Å². The third kappa shape index (κ3) is 1.56. The standard InChI is InChI=1S/C7H11NOS/c1-5(9)7(8)6-2-3-10-4-6/h2-5,7,9H,8H2,1H3/t5-,7-/m1/s1. The first-order chi connectivity index (χ1) is 4.72. The number of thiophene rings is 1. The molecule has 10 heavy (non-hydrogen) atoms. The Balaban J connectivity index is 2.68. The van der Waals surface area contributed by atoms with Gasteiger partial charge in [-0.25, -0.2) is 0 Å². The van der Waals surface area contributed by atoms with Crippen molar-refractivity contribution in [2.45, 2.75) is 19.1 Å². The maximum atomic E-state index is 9.07. The lowest BCUT2D eigenvalue weighted by Crippen LogP contribution is -2.22. The Labute approximate surface area is 64.3 Å². The van der Waals surface area contributed by atoms with E-state index >= 15 is 0 Å². The number of hydrogen-bond donors (Lipinski definition) is 2. The molecule has 0 saturated carbocycles. The summed E-state index contributed by atoms with van der Waals surface area (Å²) in [4.78, 5) is 0. The van der Waals surface area contributed by atoms with Crippen molar-refractivity contribution in [3.05, 3.63) is 22.4 Å². The van der Waals surface area contributed by atoms with Crippen molar-refractivity contribution in [1.29, 1.82) is 0 Å². The molecule has 56 valence electrons. The molecule has 3 N–H and O–H groups in total. The average molecular weight is 157 g/mol. The van der Waals surface area contributed by atoms with E-state index in [0.717, 1.165) is 5.56 Å². The minimum absolute atomic E-state index is 0.230. The van der Waals surface area contributed by atoms with Gasteiger partial charge in [0.25, 0.3) is 0 Å². The summed E-state index contributed by atoms with van der Waals surface area (Å²) in [5, 5.41) is 13.0. The van der Waals surface area contributed by atoms with Gasteiger partial charge >= 0.3 is 0 Å². The number of rotatable bonds is 2. The van der Waals surface area contributed by atoms with Crippen molar-refractivity contribution in [2.75, 3.05) is 0 Å². The van der Waals surface area contributed by atoms with Crippen LogP contribution < -0.4 is 5.73 Å². The molecule has 0 fully saturated rings. The minimum Gasteiger partial charge on any atom is -0.391 e. The van der Waals surface area contributed by atoms with Gasteiger partial charge in [-0.05, 0) is 29.3 Å². The maximum Gasteiger partial charge on any atom is 0.0705 e. The minimum atomic E-state index is -0.463. The van der Waals surface area contributed by atoms with E-state index in [2.05, 4.69) is 0 Å². The summed E-state index contributed by atoms with van der Waals surface area (Å²) in [5.41, 5.74) is 6.65. The summed E-state index contributed by atoms with van der Waals surface area (Å²) < 4.78 is 0. The quantitative estimate of drug-likeness (QED) is 0.676. The summed E-state index contributed by atoms with van der Waals surface area (Å²) in [6, 6.07) is 1.70. The molecule has 0 radical (unpaired) electrons. The van der Waals surface area contributed by atoms with Gasteiger partial charge in [0.15, 0.2) is 0 Å². The van der Waals surface area contributed by atoms with E-state index in [1.807, 2.05) is 16.8 Å². The number of aliphatic hydroxyl groups excluding tert-OH is 1. The van der Waals surface area contributed by atoms with Gasteiger partial charge in [0.2, 0.25) is 0 Å². The summed E-state index contributed by atoms with van der Waals surface area (Å²) in [7, 11) is 0. The van der Waals surface area contributed by atoms with E-state index in [4.69, 9.17) is 10.8 Å². The Morgan fingerprint density at radius 3 is 2.80 bits per heavy atom. The number of hydrogen-bond acceptors (Lipinski definition) is 3. The van der Waals surface area contributed by atoms with E-state index in [1.165, 1.54) is 0 Å². The van der Waals surface area contributed by atoms with Crippen molar-refractivity contribution in [3.63, 3.8) is 0 Å². The second kappa shape index (κ2) is 3.14. The highest BCUT2D eigenvalue weighted by Gasteiger charge is 2.10. The Kier molecular flexibility index (Phi) is 2.43. The van der Waals surface area contributed by atoms with E-state index in [0.29, 0.717) is 0 Å². The van der Waals surface area contributed by atoms with Gasteiger partial charge in [-0.1, -0.05) is 0 Å². The van der Waals surface area contributed by atoms with Gasteiger partial charge in [0.05, 0.1) is 12.1 Å². The second-order valence-corrected chi connectivity index (χ2v) is 3.10. The second-order valence-electron chi connectivity index (χ2n) is 2.32. The Bertz CT molecular complexity index is 183. The zero-order valence-corrected chi connectivity index (χ0v) is 6.64. The molecule has 3 heteroatoms. The molecule has 1 heterocycles. The lowest BCUT2D eigenvalue weighted by Gasteiger charge is -2.11. The molecule has 0 spiro atoms. The topological polar surface area (TPSA) is 46.2 Å². The molecule has 0 unspecified atom stereocenters. The van der Waals surface area contributed by atoms with Crippen molar-refractivity contribution >= 4 is 11.3 Å². The van der Waals surface area contributed by atoms with Crippen molar-refractivity contribution in [1.82, 2.24) is 0 Å². The van der Waals surface area contributed by atoms with Crippen LogP contribution >= 0.6 is 11.3 Å². The van der Waals surface area contributed by atoms with Crippen LogP contribution in [-0.4, -0.2) is 11.2 Å². The molecule has 0 aromatic carbocycles. The van der Waals surface area contributed by atoms with Gasteiger partial charge in [-0.2, -0.15) is 11.3 Å². The normalized spacial score (nSPS) is 16.7. The first-order valence-electron chi connectivity index (χ1n) is 3.17. The van der Waals surface area contributed by atoms with Crippen LogP contribution in [0.25, 0.3) is 0 Å². The van der Waals surface area contributed by atoms with Gasteiger partial charge < -0.3 is 10.8 Å². The lowest BCUT2D eigenvalue weighted by molar-refractivity contribution is 0.164. The molecule has 1 aromatic rings. The molecule has 0 aliphatic rings. The Hall–Kier alpha value is -0.380. The fourth-order valence-electron chi connectivity index (χ4n) is 0.743. The van der Waals surface area contributed by atoms with Crippen LogP contribution in [0.3, 0.4) is 0 Å². The monoisotopic (exact) mass is 157 g/mol. The lowest BCUT2D eigenvalue weighted by atomic mass is 10.1. The molecule has 0 bridgehead atoms. The third-order valence-electron chi connectivity index (χ3n) is 1.45. The largest absolute Gasteiger partial charge is 0.391 e. The van der Waals surface area contributed by atoms with E-state index in [-0.39, 0.29) is 6.04 Å². The van der Waals surface area contributed by atoms with Crippen LogP contribution in [0, 0.1) is 0 Å². The van der Waals surface area contributed by atoms with Gasteiger partial charge in [0.1, 0.15) is 0 Å². The molecule has 0 saturated heterocycles. The zero-order valence-electron chi connectivity index (χ0n) is 5.82. The van der Waals surface area contributed by atoms with Crippen LogP contribution in [0.4, 0.5) is 0 Å². The zero-order chi connectivity index (χ0) is 7.56. The molecule has 2 nitrogen and oxygen atoms in total.